The standard InChI is InChI=1S/C21H25.C9H7O.C6H10.2ClH.Zr/c1-20(2,3)16-7-9-18-14(12-16)11-15-13-17(21(4,5)6)8-10-19(15)18;1-2-4-8(3-1)9-5-6-10-7-9;1-2-4-6-5-3-1;;;/h7-10,12H,11H2,1-6H3;1,3,5-7H,2H2;1-5H2;2*1H;/q2*-1;;;;+2/p-2. The molecule has 1 saturated carbocycles. The van der Waals surface area contributed by atoms with Gasteiger partial charge in [0, 0.05) is 6.26 Å². The van der Waals surface area contributed by atoms with Crippen LogP contribution in [0, 0.1) is 12.1 Å². The van der Waals surface area contributed by atoms with Gasteiger partial charge < -0.3 is 29.2 Å². The van der Waals surface area contributed by atoms with Crippen molar-refractivity contribution in [3.63, 3.8) is 0 Å². The number of hydrogen-bond acceptors (Lipinski definition) is 1. The topological polar surface area (TPSA) is 13.1 Å². The number of allylic oxidation sites excluding steroid dienone is 4. The summed E-state index contributed by atoms with van der Waals surface area (Å²) in [7, 11) is 0. The minimum atomic E-state index is 0. The summed E-state index contributed by atoms with van der Waals surface area (Å²) in [6, 6.07) is 17.1. The van der Waals surface area contributed by atoms with E-state index in [1.54, 1.807) is 40.0 Å². The molecule has 0 N–H and O–H groups in total. The van der Waals surface area contributed by atoms with Gasteiger partial charge in [-0.1, -0.05) is 83.4 Å². The predicted molar refractivity (Wildman–Crippen MR) is 158 cm³/mol. The molecule has 0 spiro atoms. The van der Waals surface area contributed by atoms with Gasteiger partial charge in [0.05, 0.1) is 6.26 Å². The monoisotopic (exact) mass is 650 g/mol. The average Bonchev–Trinajstić information content (AvgIpc) is 3.64. The van der Waals surface area contributed by atoms with Gasteiger partial charge in [-0.15, -0.1) is 17.2 Å². The molecule has 3 aliphatic rings. The summed E-state index contributed by atoms with van der Waals surface area (Å²) in [4.78, 5) is 0. The zero-order valence-corrected chi connectivity index (χ0v) is 28.9. The molecule has 0 atom stereocenters. The van der Waals surface area contributed by atoms with Crippen LogP contribution in [0.1, 0.15) is 108 Å². The first-order chi connectivity index (χ1) is 18.0. The van der Waals surface area contributed by atoms with Crippen molar-refractivity contribution in [2.75, 3.05) is 0 Å². The number of furan rings is 1. The number of hydrogen-bond donors (Lipinski definition) is 0. The molecule has 0 saturated heterocycles. The second-order valence-corrected chi connectivity index (χ2v) is 14.4. The van der Waals surface area contributed by atoms with Crippen molar-refractivity contribution in [3.05, 3.63) is 101 Å². The fraction of sp³-hybridized carbons (Fsp3) is 0.417. The van der Waals surface area contributed by atoms with E-state index >= 15 is 0 Å². The molecule has 0 unspecified atom stereocenters. The Labute approximate surface area is 270 Å². The Morgan fingerprint density at radius 1 is 0.825 bits per heavy atom. The molecule has 0 bridgehead atoms. The van der Waals surface area contributed by atoms with Crippen LogP contribution in [0.25, 0.3) is 16.7 Å². The van der Waals surface area contributed by atoms with E-state index in [1.807, 2.05) is 6.07 Å². The van der Waals surface area contributed by atoms with Crippen LogP contribution in [0.3, 0.4) is 0 Å². The van der Waals surface area contributed by atoms with E-state index < -0.39 is 0 Å². The molecule has 0 aliphatic heterocycles. The van der Waals surface area contributed by atoms with Crippen molar-refractivity contribution in [3.8, 4) is 11.1 Å². The van der Waals surface area contributed by atoms with Crippen LogP contribution in [0.5, 0.6) is 0 Å². The molecule has 212 valence electrons. The summed E-state index contributed by atoms with van der Waals surface area (Å²) >= 11 is 1.69. The van der Waals surface area contributed by atoms with Gasteiger partial charge in [0.1, 0.15) is 0 Å². The Morgan fingerprint density at radius 2 is 1.52 bits per heavy atom. The van der Waals surface area contributed by atoms with E-state index in [9.17, 15) is 0 Å². The molecule has 40 heavy (non-hydrogen) atoms. The van der Waals surface area contributed by atoms with Crippen molar-refractivity contribution < 1.29 is 53.5 Å². The Morgan fingerprint density at radius 3 is 2.05 bits per heavy atom. The second-order valence-electron chi connectivity index (χ2n) is 12.7. The van der Waals surface area contributed by atoms with Crippen LogP contribution in [0.15, 0.2) is 65.5 Å². The van der Waals surface area contributed by atoms with E-state index in [2.05, 4.69) is 96.2 Å². The first-order valence-corrected chi connectivity index (χ1v) is 15.3. The maximum atomic E-state index is 4.93. The van der Waals surface area contributed by atoms with Crippen molar-refractivity contribution >= 4 is 8.78 Å². The Hall–Kier alpha value is -1.47. The maximum absolute atomic E-state index is 4.93. The fourth-order valence-corrected chi connectivity index (χ4v) is 5.90. The second kappa shape index (κ2) is 15.1. The number of benzene rings is 2. The minimum absolute atomic E-state index is 0. The van der Waals surface area contributed by atoms with Crippen molar-refractivity contribution in [1.82, 2.24) is 0 Å². The molecular weight excluding hydrogens is 611 g/mol. The SMILES string of the molecule is CC(C)(C)c1[c-]c2c(cc1)-c1ccc(C(C)(C)C)cc1C2.[C-]1=C(c2ccoc2)C=CC1.[Cl-].[Cl-].[Zr+2]=[C]1CCCCC1. The van der Waals surface area contributed by atoms with Gasteiger partial charge in [0.15, 0.2) is 0 Å². The summed E-state index contributed by atoms with van der Waals surface area (Å²) in [5, 5.41) is 0. The molecule has 4 heteroatoms. The zero-order valence-electron chi connectivity index (χ0n) is 24.9. The molecule has 1 fully saturated rings. The van der Waals surface area contributed by atoms with E-state index in [0.29, 0.717) is 0 Å². The van der Waals surface area contributed by atoms with Gasteiger partial charge in [-0.05, 0) is 28.4 Å². The quantitative estimate of drug-likeness (QED) is 0.286. The Balaban J connectivity index is 0.000000245. The Bertz CT molecular complexity index is 1250. The van der Waals surface area contributed by atoms with Crippen molar-refractivity contribution in [2.45, 2.75) is 97.3 Å². The third-order valence-electron chi connectivity index (χ3n) is 7.45. The summed E-state index contributed by atoms with van der Waals surface area (Å²) < 4.78 is 6.74. The summed E-state index contributed by atoms with van der Waals surface area (Å²) in [5.41, 5.74) is 11.0. The van der Waals surface area contributed by atoms with E-state index in [1.165, 1.54) is 65.5 Å². The van der Waals surface area contributed by atoms with Crippen LogP contribution < -0.4 is 24.8 Å². The zero-order chi connectivity index (χ0) is 27.3. The molecule has 3 aliphatic carbocycles. The molecule has 1 heterocycles. The molecule has 0 radical (unpaired) electrons. The number of halogens is 2. The average molecular weight is 653 g/mol. The van der Waals surface area contributed by atoms with Gasteiger partial charge in [-0.2, -0.15) is 41.5 Å². The van der Waals surface area contributed by atoms with Gasteiger partial charge in [-0.25, -0.2) is 0 Å². The van der Waals surface area contributed by atoms with Crippen LogP contribution in [0.4, 0.5) is 0 Å². The van der Waals surface area contributed by atoms with Crippen LogP contribution in [-0.2, 0) is 41.5 Å². The first-order valence-electron chi connectivity index (χ1n) is 14.1. The van der Waals surface area contributed by atoms with Gasteiger partial charge in [0.2, 0.25) is 0 Å². The summed E-state index contributed by atoms with van der Waals surface area (Å²) in [6.07, 6.45) is 20.0. The summed E-state index contributed by atoms with van der Waals surface area (Å²) in [6.45, 7) is 13.6. The third kappa shape index (κ3) is 9.27. The predicted octanol–water partition coefficient (Wildman–Crippen LogP) is 3.76. The van der Waals surface area contributed by atoms with E-state index in [4.69, 9.17) is 4.42 Å². The van der Waals surface area contributed by atoms with Gasteiger partial charge in [0.25, 0.3) is 0 Å². The molecule has 6 rings (SSSR count). The van der Waals surface area contributed by atoms with E-state index in [-0.39, 0.29) is 35.6 Å². The van der Waals surface area contributed by atoms with Crippen LogP contribution >= 0.6 is 0 Å². The molecule has 2 aromatic carbocycles. The van der Waals surface area contributed by atoms with Gasteiger partial charge >= 0.3 is 59.5 Å². The molecule has 3 aromatic rings. The fourth-order valence-electron chi connectivity index (χ4n) is 5.03. The van der Waals surface area contributed by atoms with Crippen molar-refractivity contribution in [1.29, 1.82) is 0 Å². The van der Waals surface area contributed by atoms with Crippen LogP contribution in [-0.4, -0.2) is 3.21 Å². The summed E-state index contributed by atoms with van der Waals surface area (Å²) in [5.74, 6) is 0. The number of rotatable bonds is 1. The van der Waals surface area contributed by atoms with E-state index in [0.717, 1.165) is 24.0 Å². The van der Waals surface area contributed by atoms with Crippen molar-refractivity contribution in [2.24, 2.45) is 0 Å². The van der Waals surface area contributed by atoms with Gasteiger partial charge in [-0.3, -0.25) is 0 Å². The molecule has 0 amide bonds. The molecule has 1 nitrogen and oxygen atoms in total. The normalized spacial score (nSPS) is 15.3. The molecule has 1 aromatic heterocycles. The third-order valence-corrected chi connectivity index (χ3v) is 8.68. The Kier molecular flexibility index (Phi) is 13.1. The first kappa shape index (κ1) is 34.7. The van der Waals surface area contributed by atoms with Crippen LogP contribution in [0.2, 0.25) is 0 Å². The number of fused-ring (bicyclic) bond motifs is 3. The molecular formula is C36H42Cl2OZr-2.